The molecule has 0 bridgehead atoms. The molecule has 0 aliphatic heterocycles. The highest BCUT2D eigenvalue weighted by molar-refractivity contribution is 9.10. The zero-order chi connectivity index (χ0) is 13.8. The van der Waals surface area contributed by atoms with Crippen molar-refractivity contribution in [2.24, 2.45) is 0 Å². The van der Waals surface area contributed by atoms with Crippen LogP contribution in [0, 0.1) is 13.8 Å². The Bertz CT molecular complexity index is 569. The van der Waals surface area contributed by atoms with Crippen LogP contribution in [0.15, 0.2) is 34.1 Å². The Morgan fingerprint density at radius 1 is 1.26 bits per heavy atom. The highest BCUT2D eigenvalue weighted by Gasteiger charge is 2.11. The maximum absolute atomic E-state index is 12.0. The first-order chi connectivity index (χ1) is 9.06. The first-order valence-electron chi connectivity index (χ1n) is 5.97. The van der Waals surface area contributed by atoms with Crippen LogP contribution in [0.3, 0.4) is 0 Å². The smallest absolute Gasteiger partial charge is 0.183 e. The number of hydrogen-bond donors (Lipinski definition) is 0. The van der Waals surface area contributed by atoms with E-state index >= 15 is 0 Å². The Labute approximate surface area is 130 Å². The Morgan fingerprint density at radius 2 is 1.95 bits per heavy atom. The minimum atomic E-state index is 0.205. The molecule has 0 fully saturated rings. The van der Waals surface area contributed by atoms with Crippen LogP contribution in [0.2, 0.25) is 0 Å². The normalized spacial score (nSPS) is 10.7. The Kier molecular flexibility index (Phi) is 5.25. The van der Waals surface area contributed by atoms with E-state index < -0.39 is 0 Å². The molecule has 0 aliphatic carbocycles. The van der Waals surface area contributed by atoms with Gasteiger partial charge in [-0.15, -0.1) is 23.1 Å². The zero-order valence-electron chi connectivity index (χ0n) is 10.9. The molecule has 4 heteroatoms. The Balaban J connectivity index is 1.90. The third-order valence-electron chi connectivity index (χ3n) is 2.65. The number of carbonyl (C=O) groups is 1. The van der Waals surface area contributed by atoms with E-state index in [1.54, 1.807) is 11.8 Å². The van der Waals surface area contributed by atoms with Crippen LogP contribution >= 0.6 is 39.0 Å². The summed E-state index contributed by atoms with van der Waals surface area (Å²) in [6, 6.07) is 8.46. The molecule has 0 aliphatic rings. The van der Waals surface area contributed by atoms with Crippen molar-refractivity contribution >= 4 is 44.8 Å². The number of aryl methyl sites for hydroxylation is 2. The topological polar surface area (TPSA) is 17.1 Å². The lowest BCUT2D eigenvalue weighted by molar-refractivity contribution is 0.102. The van der Waals surface area contributed by atoms with Gasteiger partial charge in [0.05, 0.1) is 10.6 Å². The fourth-order valence-electron chi connectivity index (χ4n) is 1.97. The number of rotatable bonds is 5. The van der Waals surface area contributed by atoms with Crippen LogP contribution in [0.1, 0.15) is 26.4 Å². The molecule has 1 nitrogen and oxygen atoms in total. The van der Waals surface area contributed by atoms with E-state index in [2.05, 4.69) is 48.0 Å². The quantitative estimate of drug-likeness (QED) is 0.682. The SMILES string of the molecule is Cc1cc(C)cc(CSCC(=O)c2sccc2Br)c1. The predicted molar refractivity (Wildman–Crippen MR) is 88.4 cm³/mol. The van der Waals surface area contributed by atoms with Gasteiger partial charge >= 0.3 is 0 Å². The van der Waals surface area contributed by atoms with Crippen LogP contribution in [-0.4, -0.2) is 11.5 Å². The summed E-state index contributed by atoms with van der Waals surface area (Å²) in [5, 5.41) is 1.94. The van der Waals surface area contributed by atoms with Crippen molar-refractivity contribution in [2.45, 2.75) is 19.6 Å². The number of halogens is 1. The van der Waals surface area contributed by atoms with Gasteiger partial charge in [-0.25, -0.2) is 0 Å². The van der Waals surface area contributed by atoms with Crippen LogP contribution in [0.4, 0.5) is 0 Å². The average Bonchev–Trinajstić information content (AvgIpc) is 2.74. The van der Waals surface area contributed by atoms with Crippen molar-refractivity contribution in [3.63, 3.8) is 0 Å². The largest absolute Gasteiger partial charge is 0.292 e. The first kappa shape index (κ1) is 14.8. The minimum Gasteiger partial charge on any atom is -0.292 e. The van der Waals surface area contributed by atoms with Crippen LogP contribution < -0.4 is 0 Å². The second kappa shape index (κ2) is 6.73. The van der Waals surface area contributed by atoms with Crippen molar-refractivity contribution < 1.29 is 4.79 Å². The van der Waals surface area contributed by atoms with Crippen molar-refractivity contribution in [1.82, 2.24) is 0 Å². The minimum absolute atomic E-state index is 0.205. The summed E-state index contributed by atoms with van der Waals surface area (Å²) >= 11 is 6.58. The molecular weight excluding hydrogens is 340 g/mol. The molecule has 2 rings (SSSR count). The molecule has 0 N–H and O–H groups in total. The van der Waals surface area contributed by atoms with Crippen molar-refractivity contribution in [2.75, 3.05) is 5.75 Å². The Morgan fingerprint density at radius 3 is 2.53 bits per heavy atom. The van der Waals surface area contributed by atoms with Gasteiger partial charge < -0.3 is 0 Å². The fraction of sp³-hybridized carbons (Fsp3) is 0.267. The lowest BCUT2D eigenvalue weighted by Gasteiger charge is -2.04. The molecule has 0 radical (unpaired) electrons. The summed E-state index contributed by atoms with van der Waals surface area (Å²) < 4.78 is 0.912. The molecule has 1 aromatic carbocycles. The molecule has 100 valence electrons. The molecule has 0 spiro atoms. The van der Waals surface area contributed by atoms with E-state index in [1.807, 2.05) is 11.4 Å². The first-order valence-corrected chi connectivity index (χ1v) is 8.80. The molecule has 0 saturated carbocycles. The molecule has 0 atom stereocenters. The van der Waals surface area contributed by atoms with E-state index in [1.165, 1.54) is 28.0 Å². The number of Topliss-reactive ketones (excluding diaryl/α,β-unsaturated/α-hetero) is 1. The maximum Gasteiger partial charge on any atom is 0.183 e. The highest BCUT2D eigenvalue weighted by Crippen LogP contribution is 2.25. The summed E-state index contributed by atoms with van der Waals surface area (Å²) in [5.74, 6) is 1.62. The van der Waals surface area contributed by atoms with Gasteiger partial charge in [-0.1, -0.05) is 29.3 Å². The van der Waals surface area contributed by atoms with Gasteiger partial charge in [0.15, 0.2) is 5.78 Å². The predicted octanol–water partition coefficient (Wildman–Crippen LogP) is 5.24. The number of hydrogen-bond acceptors (Lipinski definition) is 3. The summed E-state index contributed by atoms with van der Waals surface area (Å²) in [4.78, 5) is 12.8. The highest BCUT2D eigenvalue weighted by atomic mass is 79.9. The van der Waals surface area contributed by atoms with E-state index in [-0.39, 0.29) is 5.78 Å². The second-order valence-corrected chi connectivity index (χ2v) is 7.27. The summed E-state index contributed by atoms with van der Waals surface area (Å²) in [6.45, 7) is 4.21. The van der Waals surface area contributed by atoms with Crippen molar-refractivity contribution in [3.05, 3.63) is 55.7 Å². The fourth-order valence-corrected chi connectivity index (χ4v) is 4.43. The number of ketones is 1. The lowest BCUT2D eigenvalue weighted by atomic mass is 10.1. The molecule has 2 aromatic rings. The maximum atomic E-state index is 12.0. The van der Waals surface area contributed by atoms with Gasteiger partial charge in [0.1, 0.15) is 0 Å². The van der Waals surface area contributed by atoms with Crippen molar-refractivity contribution in [1.29, 1.82) is 0 Å². The zero-order valence-corrected chi connectivity index (χ0v) is 14.1. The van der Waals surface area contributed by atoms with E-state index in [0.29, 0.717) is 5.75 Å². The van der Waals surface area contributed by atoms with E-state index in [9.17, 15) is 4.79 Å². The molecule has 0 saturated heterocycles. The lowest BCUT2D eigenvalue weighted by Crippen LogP contribution is -2.00. The van der Waals surface area contributed by atoms with Gasteiger partial charge in [0.25, 0.3) is 0 Å². The Hall–Kier alpha value is -0.580. The number of benzene rings is 1. The number of thiophene rings is 1. The van der Waals surface area contributed by atoms with Gasteiger partial charge in [0, 0.05) is 10.2 Å². The van der Waals surface area contributed by atoms with Gasteiger partial charge in [-0.2, -0.15) is 0 Å². The monoisotopic (exact) mass is 354 g/mol. The molecule has 1 aromatic heterocycles. The van der Waals surface area contributed by atoms with Crippen LogP contribution in [0.5, 0.6) is 0 Å². The second-order valence-electron chi connectivity index (χ2n) is 4.51. The standard InChI is InChI=1S/C15H15BrOS2/c1-10-5-11(2)7-12(6-10)8-18-9-14(17)15-13(16)3-4-19-15/h3-7H,8-9H2,1-2H3. The third-order valence-corrected chi connectivity index (χ3v) is 5.54. The number of carbonyl (C=O) groups excluding carboxylic acids is 1. The molecule has 0 amide bonds. The summed E-state index contributed by atoms with van der Waals surface area (Å²) in [7, 11) is 0. The van der Waals surface area contributed by atoms with Gasteiger partial charge in [0.2, 0.25) is 0 Å². The molecule has 19 heavy (non-hydrogen) atoms. The summed E-state index contributed by atoms with van der Waals surface area (Å²) in [5.41, 5.74) is 3.85. The van der Waals surface area contributed by atoms with E-state index in [0.717, 1.165) is 15.1 Å². The molecular formula is C15H15BrOS2. The van der Waals surface area contributed by atoms with E-state index in [4.69, 9.17) is 0 Å². The van der Waals surface area contributed by atoms with Gasteiger partial charge in [-0.3, -0.25) is 4.79 Å². The summed E-state index contributed by atoms with van der Waals surface area (Å²) in [6.07, 6.45) is 0. The number of thioether (sulfide) groups is 1. The van der Waals surface area contributed by atoms with Crippen LogP contribution in [0.25, 0.3) is 0 Å². The molecule has 0 unspecified atom stereocenters. The molecule has 1 heterocycles. The van der Waals surface area contributed by atoms with Gasteiger partial charge in [-0.05, 0) is 46.8 Å². The third kappa shape index (κ3) is 4.20. The van der Waals surface area contributed by atoms with Crippen molar-refractivity contribution in [3.8, 4) is 0 Å². The average molecular weight is 355 g/mol. The van der Waals surface area contributed by atoms with Crippen LogP contribution in [-0.2, 0) is 5.75 Å².